The summed E-state index contributed by atoms with van der Waals surface area (Å²) in [5, 5.41) is 3.27. The molecule has 3 aromatic rings. The summed E-state index contributed by atoms with van der Waals surface area (Å²) in [4.78, 5) is 16.7. The highest BCUT2D eigenvalue weighted by Gasteiger charge is 2.04. The van der Waals surface area contributed by atoms with Crippen molar-refractivity contribution in [2.24, 2.45) is 0 Å². The maximum absolute atomic E-state index is 12.1. The van der Waals surface area contributed by atoms with E-state index in [1.165, 1.54) is 0 Å². The molecule has 0 fully saturated rings. The molecular formula is C16H14BrN3O. The number of fused-ring (bicyclic) bond motifs is 1. The molecule has 2 heterocycles. The number of nitrogens with one attached hydrogen (secondary N) is 1. The van der Waals surface area contributed by atoms with Crippen molar-refractivity contribution < 1.29 is 0 Å². The van der Waals surface area contributed by atoms with E-state index in [1.807, 2.05) is 43.3 Å². The van der Waals surface area contributed by atoms with Crippen molar-refractivity contribution in [1.82, 2.24) is 9.38 Å². The lowest BCUT2D eigenvalue weighted by Crippen LogP contribution is -2.17. The van der Waals surface area contributed by atoms with Crippen LogP contribution < -0.4 is 10.9 Å². The van der Waals surface area contributed by atoms with Gasteiger partial charge in [-0.2, -0.15) is 0 Å². The van der Waals surface area contributed by atoms with Gasteiger partial charge in [-0.05, 0) is 36.8 Å². The second-order valence-corrected chi connectivity index (χ2v) is 5.75. The lowest BCUT2D eigenvalue weighted by Gasteiger charge is -2.08. The molecule has 1 aromatic carbocycles. The van der Waals surface area contributed by atoms with Gasteiger partial charge in [0, 0.05) is 22.4 Å². The summed E-state index contributed by atoms with van der Waals surface area (Å²) in [6.07, 6.45) is 1.74. The third-order valence-corrected chi connectivity index (χ3v) is 3.73. The van der Waals surface area contributed by atoms with Gasteiger partial charge in [0.1, 0.15) is 5.65 Å². The molecule has 0 saturated carbocycles. The van der Waals surface area contributed by atoms with E-state index < -0.39 is 0 Å². The molecular weight excluding hydrogens is 330 g/mol. The lowest BCUT2D eigenvalue weighted by molar-refractivity contribution is 0.964. The number of rotatable bonds is 3. The first kappa shape index (κ1) is 13.8. The average molecular weight is 344 g/mol. The van der Waals surface area contributed by atoms with Crippen LogP contribution in [0.5, 0.6) is 0 Å². The van der Waals surface area contributed by atoms with Crippen LogP contribution in [-0.4, -0.2) is 9.38 Å². The number of halogens is 1. The molecule has 4 nitrogen and oxygen atoms in total. The van der Waals surface area contributed by atoms with Crippen molar-refractivity contribution >= 4 is 27.3 Å². The topological polar surface area (TPSA) is 46.4 Å². The predicted octanol–water partition coefficient (Wildman–Crippen LogP) is 3.38. The quantitative estimate of drug-likeness (QED) is 0.792. The smallest absolute Gasteiger partial charge is 0.258 e. The van der Waals surface area contributed by atoms with E-state index in [2.05, 4.69) is 26.2 Å². The fraction of sp³-hybridized carbons (Fsp3) is 0.125. The van der Waals surface area contributed by atoms with E-state index in [-0.39, 0.29) is 5.56 Å². The van der Waals surface area contributed by atoms with Gasteiger partial charge in [0.15, 0.2) is 0 Å². The molecule has 0 aliphatic carbocycles. The highest BCUT2D eigenvalue weighted by molar-refractivity contribution is 9.10. The minimum atomic E-state index is -0.0604. The highest BCUT2D eigenvalue weighted by Crippen LogP contribution is 2.16. The van der Waals surface area contributed by atoms with Gasteiger partial charge in [-0.25, -0.2) is 4.98 Å². The zero-order chi connectivity index (χ0) is 14.8. The predicted molar refractivity (Wildman–Crippen MR) is 87.7 cm³/mol. The Kier molecular flexibility index (Phi) is 3.75. The Balaban J connectivity index is 1.91. The van der Waals surface area contributed by atoms with Crippen LogP contribution >= 0.6 is 15.9 Å². The Hall–Kier alpha value is -2.14. The Labute approximate surface area is 130 Å². The van der Waals surface area contributed by atoms with Gasteiger partial charge in [-0.15, -0.1) is 0 Å². The lowest BCUT2D eigenvalue weighted by atomic mass is 10.2. The van der Waals surface area contributed by atoms with E-state index in [4.69, 9.17) is 0 Å². The molecule has 0 aliphatic rings. The number of aromatic nitrogens is 2. The first-order valence-corrected chi connectivity index (χ1v) is 7.40. The molecule has 0 bridgehead atoms. The van der Waals surface area contributed by atoms with E-state index in [1.54, 1.807) is 16.7 Å². The van der Waals surface area contributed by atoms with Crippen LogP contribution in [0.2, 0.25) is 0 Å². The molecule has 0 amide bonds. The van der Waals surface area contributed by atoms with Crippen LogP contribution in [0.3, 0.4) is 0 Å². The Morgan fingerprint density at radius 3 is 2.90 bits per heavy atom. The summed E-state index contributed by atoms with van der Waals surface area (Å²) in [7, 11) is 0. The highest BCUT2D eigenvalue weighted by atomic mass is 79.9. The molecule has 0 spiro atoms. The molecule has 0 aliphatic heterocycles. The van der Waals surface area contributed by atoms with Gasteiger partial charge in [0.2, 0.25) is 0 Å². The Bertz CT molecular complexity index is 858. The van der Waals surface area contributed by atoms with Gasteiger partial charge in [-0.1, -0.05) is 28.1 Å². The maximum Gasteiger partial charge on any atom is 0.258 e. The van der Waals surface area contributed by atoms with Crippen molar-refractivity contribution in [1.29, 1.82) is 0 Å². The zero-order valence-corrected chi connectivity index (χ0v) is 13.1. The summed E-state index contributed by atoms with van der Waals surface area (Å²) < 4.78 is 2.58. The molecule has 106 valence electrons. The fourth-order valence-corrected chi connectivity index (χ4v) is 2.59. The van der Waals surface area contributed by atoms with Crippen LogP contribution in [0.1, 0.15) is 11.3 Å². The van der Waals surface area contributed by atoms with Gasteiger partial charge in [0.25, 0.3) is 5.56 Å². The number of aryl methyl sites for hydroxylation is 1. The van der Waals surface area contributed by atoms with Crippen molar-refractivity contribution in [3.05, 3.63) is 74.7 Å². The summed E-state index contributed by atoms with van der Waals surface area (Å²) in [5.74, 6) is 0. The van der Waals surface area contributed by atoms with Crippen molar-refractivity contribution in [2.75, 3.05) is 5.32 Å². The van der Waals surface area contributed by atoms with Crippen LogP contribution in [0.4, 0.5) is 5.69 Å². The number of hydrogen-bond acceptors (Lipinski definition) is 3. The van der Waals surface area contributed by atoms with E-state index in [0.29, 0.717) is 12.2 Å². The summed E-state index contributed by atoms with van der Waals surface area (Å²) >= 11 is 3.43. The van der Waals surface area contributed by atoms with E-state index >= 15 is 0 Å². The van der Waals surface area contributed by atoms with Gasteiger partial charge >= 0.3 is 0 Å². The number of pyridine rings is 1. The van der Waals surface area contributed by atoms with Gasteiger partial charge in [0.05, 0.1) is 12.2 Å². The maximum atomic E-state index is 12.1. The third-order valence-electron chi connectivity index (χ3n) is 3.24. The minimum absolute atomic E-state index is 0.0604. The average Bonchev–Trinajstić information content (AvgIpc) is 2.46. The molecule has 0 saturated heterocycles. The van der Waals surface area contributed by atoms with Crippen molar-refractivity contribution in [3.63, 3.8) is 0 Å². The molecule has 21 heavy (non-hydrogen) atoms. The molecule has 0 unspecified atom stereocenters. The molecule has 1 N–H and O–H groups in total. The van der Waals surface area contributed by atoms with Crippen molar-refractivity contribution in [3.8, 4) is 0 Å². The standard InChI is InChI=1S/C16H14BrN3O/c1-11-4-3-7-20-15(21)9-14(19-16(11)20)10-18-13-6-2-5-12(17)8-13/h2-9,18H,10H2,1H3. The van der Waals surface area contributed by atoms with E-state index in [9.17, 15) is 4.79 Å². The SMILES string of the molecule is Cc1cccn2c(=O)cc(CNc3cccc(Br)c3)nc12. The monoisotopic (exact) mass is 343 g/mol. The molecule has 0 radical (unpaired) electrons. The molecule has 0 atom stereocenters. The minimum Gasteiger partial charge on any atom is -0.379 e. The molecule has 2 aromatic heterocycles. The number of hydrogen-bond donors (Lipinski definition) is 1. The Morgan fingerprint density at radius 2 is 2.10 bits per heavy atom. The Morgan fingerprint density at radius 1 is 1.24 bits per heavy atom. The van der Waals surface area contributed by atoms with Crippen LogP contribution in [0.25, 0.3) is 5.65 Å². The number of nitrogens with zero attached hydrogens (tertiary/aromatic N) is 2. The first-order valence-electron chi connectivity index (χ1n) is 6.61. The van der Waals surface area contributed by atoms with Gasteiger partial charge < -0.3 is 5.32 Å². The summed E-state index contributed by atoms with van der Waals surface area (Å²) in [6.45, 7) is 2.46. The van der Waals surface area contributed by atoms with Crippen LogP contribution in [0.15, 0.2) is 57.9 Å². The van der Waals surface area contributed by atoms with Crippen LogP contribution in [-0.2, 0) is 6.54 Å². The van der Waals surface area contributed by atoms with Crippen LogP contribution in [0, 0.1) is 6.92 Å². The molecule has 3 rings (SSSR count). The fourth-order valence-electron chi connectivity index (χ4n) is 2.19. The largest absolute Gasteiger partial charge is 0.379 e. The van der Waals surface area contributed by atoms with Gasteiger partial charge in [-0.3, -0.25) is 9.20 Å². The second kappa shape index (κ2) is 5.69. The van der Waals surface area contributed by atoms with E-state index in [0.717, 1.165) is 21.4 Å². The first-order chi connectivity index (χ1) is 10.1. The zero-order valence-electron chi connectivity index (χ0n) is 11.5. The number of anilines is 1. The molecule has 5 heteroatoms. The van der Waals surface area contributed by atoms with Crippen molar-refractivity contribution in [2.45, 2.75) is 13.5 Å². The summed E-state index contributed by atoms with van der Waals surface area (Å²) in [6, 6.07) is 13.3. The number of benzene rings is 1. The summed E-state index contributed by atoms with van der Waals surface area (Å²) in [5.41, 5.74) is 3.34. The third kappa shape index (κ3) is 2.97. The normalized spacial score (nSPS) is 10.8. The second-order valence-electron chi connectivity index (χ2n) is 4.83.